The zero-order valence-corrected chi connectivity index (χ0v) is 13.5. The van der Waals surface area contributed by atoms with Gasteiger partial charge >= 0.3 is 5.97 Å². The fourth-order valence-corrected chi connectivity index (χ4v) is 2.47. The first-order chi connectivity index (χ1) is 11.6. The van der Waals surface area contributed by atoms with E-state index in [0.29, 0.717) is 21.9 Å². The maximum atomic E-state index is 11.9. The number of rotatable bonds is 6. The maximum absolute atomic E-state index is 11.9. The lowest BCUT2D eigenvalue weighted by atomic mass is 10.1. The molecule has 0 unspecified atom stereocenters. The zero-order chi connectivity index (χ0) is 16.9. The molecule has 0 atom stereocenters. The number of fused-ring (bicyclic) bond motifs is 1. The van der Waals surface area contributed by atoms with Crippen molar-refractivity contribution in [3.63, 3.8) is 0 Å². The quantitative estimate of drug-likeness (QED) is 0.540. The van der Waals surface area contributed by atoms with Crippen LogP contribution in [-0.4, -0.2) is 24.3 Å². The zero-order valence-electron chi connectivity index (χ0n) is 12.7. The Kier molecular flexibility index (Phi) is 4.91. The molecule has 0 fully saturated rings. The van der Waals surface area contributed by atoms with E-state index < -0.39 is 0 Å². The molecule has 2 aromatic carbocycles. The van der Waals surface area contributed by atoms with E-state index in [1.165, 1.54) is 12.3 Å². The van der Waals surface area contributed by atoms with Crippen LogP contribution in [0.5, 0.6) is 11.5 Å². The Hall–Kier alpha value is -2.66. The van der Waals surface area contributed by atoms with E-state index >= 15 is 0 Å². The largest absolute Gasteiger partial charge is 0.508 e. The molecule has 0 aliphatic heterocycles. The molecule has 1 N–H and O–H groups in total. The van der Waals surface area contributed by atoms with Gasteiger partial charge in [-0.25, -0.2) is 0 Å². The molecule has 1 aromatic heterocycles. The van der Waals surface area contributed by atoms with E-state index in [2.05, 4.69) is 0 Å². The average Bonchev–Trinajstić information content (AvgIpc) is 2.95. The highest BCUT2D eigenvalue weighted by molar-refractivity contribution is 6.32. The van der Waals surface area contributed by atoms with E-state index in [9.17, 15) is 9.90 Å². The summed E-state index contributed by atoms with van der Waals surface area (Å²) in [5.74, 6) is 0.284. The van der Waals surface area contributed by atoms with Crippen LogP contribution >= 0.6 is 11.6 Å². The molecule has 0 saturated heterocycles. The summed E-state index contributed by atoms with van der Waals surface area (Å²) < 4.78 is 15.9. The number of benzene rings is 2. The summed E-state index contributed by atoms with van der Waals surface area (Å²) in [6.45, 7) is 0.343. The summed E-state index contributed by atoms with van der Waals surface area (Å²) in [5, 5.41) is 10.7. The van der Waals surface area contributed by atoms with Crippen molar-refractivity contribution in [2.24, 2.45) is 0 Å². The van der Waals surface area contributed by atoms with E-state index in [0.717, 1.165) is 5.39 Å². The first-order valence-corrected chi connectivity index (χ1v) is 7.73. The molecule has 3 aromatic rings. The lowest BCUT2D eigenvalue weighted by molar-refractivity contribution is -0.143. The third-order valence-corrected chi connectivity index (χ3v) is 3.73. The number of hydrogen-bond acceptors (Lipinski definition) is 5. The number of halogens is 1. The summed E-state index contributed by atoms with van der Waals surface area (Å²) in [5.41, 5.74) is 1.24. The van der Waals surface area contributed by atoms with Gasteiger partial charge in [-0.1, -0.05) is 23.7 Å². The van der Waals surface area contributed by atoms with Crippen molar-refractivity contribution in [1.29, 1.82) is 0 Å². The van der Waals surface area contributed by atoms with Crippen molar-refractivity contribution in [3.05, 3.63) is 59.3 Å². The summed E-state index contributed by atoms with van der Waals surface area (Å²) in [4.78, 5) is 11.9. The molecular weight excluding hydrogens is 332 g/mol. The molecule has 0 bridgehead atoms. The van der Waals surface area contributed by atoms with Crippen molar-refractivity contribution < 1.29 is 23.8 Å². The molecule has 0 aliphatic rings. The highest BCUT2D eigenvalue weighted by Crippen LogP contribution is 2.25. The normalized spacial score (nSPS) is 10.7. The minimum Gasteiger partial charge on any atom is -0.508 e. The van der Waals surface area contributed by atoms with Gasteiger partial charge in [0, 0.05) is 17.0 Å². The number of hydrogen-bond donors (Lipinski definition) is 1. The predicted molar refractivity (Wildman–Crippen MR) is 89.5 cm³/mol. The molecule has 0 aliphatic carbocycles. The Bertz CT molecular complexity index is 855. The highest BCUT2D eigenvalue weighted by Gasteiger charge is 2.12. The summed E-state index contributed by atoms with van der Waals surface area (Å²) >= 11 is 5.97. The molecule has 0 saturated carbocycles. The van der Waals surface area contributed by atoms with Crippen molar-refractivity contribution in [1.82, 2.24) is 0 Å². The lowest BCUT2D eigenvalue weighted by Gasteiger charge is -2.08. The van der Waals surface area contributed by atoms with Gasteiger partial charge in [0.1, 0.15) is 30.3 Å². The molecule has 124 valence electrons. The molecule has 24 heavy (non-hydrogen) atoms. The lowest BCUT2D eigenvalue weighted by Crippen LogP contribution is -2.14. The van der Waals surface area contributed by atoms with Crippen molar-refractivity contribution in [2.45, 2.75) is 6.42 Å². The van der Waals surface area contributed by atoms with Gasteiger partial charge in [-0.15, -0.1) is 0 Å². The number of carbonyl (C=O) groups is 1. The van der Waals surface area contributed by atoms with Crippen LogP contribution in [0.3, 0.4) is 0 Å². The first-order valence-electron chi connectivity index (χ1n) is 7.35. The van der Waals surface area contributed by atoms with Crippen LogP contribution in [0.2, 0.25) is 5.02 Å². The number of phenolic OH excluding ortho intramolecular Hbond substituents is 1. The van der Waals surface area contributed by atoms with Gasteiger partial charge < -0.3 is 19.0 Å². The number of para-hydroxylation sites is 1. The Morgan fingerprint density at radius 2 is 2.00 bits per heavy atom. The van der Waals surface area contributed by atoms with Crippen LogP contribution in [0.15, 0.2) is 53.1 Å². The number of esters is 1. The average molecular weight is 347 g/mol. The number of furan rings is 1. The van der Waals surface area contributed by atoms with Crippen LogP contribution in [0.4, 0.5) is 0 Å². The topological polar surface area (TPSA) is 68.9 Å². The minimum absolute atomic E-state index is 0.0872. The van der Waals surface area contributed by atoms with Gasteiger partial charge in [-0.2, -0.15) is 0 Å². The summed E-state index contributed by atoms with van der Waals surface area (Å²) in [6.07, 6.45) is 1.58. The van der Waals surface area contributed by atoms with Gasteiger partial charge in [0.15, 0.2) is 0 Å². The fourth-order valence-electron chi connectivity index (χ4n) is 2.28. The van der Waals surface area contributed by atoms with E-state index in [4.69, 9.17) is 25.5 Å². The Morgan fingerprint density at radius 1 is 1.17 bits per heavy atom. The molecule has 0 amide bonds. The van der Waals surface area contributed by atoms with Crippen LogP contribution < -0.4 is 4.74 Å². The van der Waals surface area contributed by atoms with Crippen LogP contribution in [0.1, 0.15) is 5.56 Å². The summed E-state index contributed by atoms with van der Waals surface area (Å²) in [6, 6.07) is 11.9. The SMILES string of the molecule is O=C(Cc1coc2cc(O)ccc12)OCCOc1ccccc1Cl. The van der Waals surface area contributed by atoms with Crippen LogP contribution in [0, 0.1) is 0 Å². The smallest absolute Gasteiger partial charge is 0.310 e. The molecule has 5 nitrogen and oxygen atoms in total. The predicted octanol–water partition coefficient (Wildman–Crippen LogP) is 3.96. The molecule has 3 rings (SSSR count). The van der Waals surface area contributed by atoms with E-state index in [1.54, 1.807) is 24.3 Å². The molecule has 1 heterocycles. The van der Waals surface area contributed by atoms with Crippen molar-refractivity contribution >= 4 is 28.5 Å². The second kappa shape index (κ2) is 7.27. The molecule has 6 heteroatoms. The molecule has 0 radical (unpaired) electrons. The van der Waals surface area contributed by atoms with Gasteiger partial charge in [0.05, 0.1) is 17.7 Å². The van der Waals surface area contributed by atoms with Gasteiger partial charge in [0.25, 0.3) is 0 Å². The van der Waals surface area contributed by atoms with Crippen LogP contribution in [0.25, 0.3) is 11.0 Å². The number of carbonyl (C=O) groups excluding carboxylic acids is 1. The van der Waals surface area contributed by atoms with Crippen molar-refractivity contribution in [3.8, 4) is 11.5 Å². The second-order valence-electron chi connectivity index (χ2n) is 5.12. The summed E-state index contributed by atoms with van der Waals surface area (Å²) in [7, 11) is 0. The third kappa shape index (κ3) is 3.81. The first kappa shape index (κ1) is 16.2. The monoisotopic (exact) mass is 346 g/mol. The maximum Gasteiger partial charge on any atom is 0.310 e. The Morgan fingerprint density at radius 3 is 2.83 bits per heavy atom. The molecular formula is C18H15ClO5. The van der Waals surface area contributed by atoms with Crippen molar-refractivity contribution in [2.75, 3.05) is 13.2 Å². The fraction of sp³-hybridized carbons (Fsp3) is 0.167. The standard InChI is InChI=1S/C18H15ClO5/c19-15-3-1-2-4-16(15)22-7-8-23-18(21)9-12-11-24-17-10-13(20)5-6-14(12)17/h1-6,10-11,20H,7-9H2. The number of aromatic hydroxyl groups is 1. The Balaban J connectivity index is 1.49. The van der Waals surface area contributed by atoms with Gasteiger partial charge in [-0.3, -0.25) is 4.79 Å². The number of ether oxygens (including phenoxy) is 2. The van der Waals surface area contributed by atoms with E-state index in [-0.39, 0.29) is 31.4 Å². The van der Waals surface area contributed by atoms with E-state index in [1.807, 2.05) is 12.1 Å². The molecule has 0 spiro atoms. The van der Waals surface area contributed by atoms with Gasteiger partial charge in [-0.05, 0) is 24.3 Å². The number of phenols is 1. The van der Waals surface area contributed by atoms with Gasteiger partial charge in [0.2, 0.25) is 0 Å². The highest BCUT2D eigenvalue weighted by atomic mass is 35.5. The minimum atomic E-state index is -0.381. The second-order valence-corrected chi connectivity index (χ2v) is 5.52. The Labute approximate surface area is 143 Å². The third-order valence-electron chi connectivity index (χ3n) is 3.41. The van der Waals surface area contributed by atoms with Crippen LogP contribution in [-0.2, 0) is 16.0 Å².